The minimum absolute atomic E-state index is 0. The van der Waals surface area contributed by atoms with Crippen molar-refractivity contribution in [1.82, 2.24) is 9.97 Å². The maximum atomic E-state index is 13.5. The minimum Gasteiger partial charge on any atom is -0.496 e. The van der Waals surface area contributed by atoms with Crippen molar-refractivity contribution in [1.29, 1.82) is 0 Å². The lowest BCUT2D eigenvalue weighted by Crippen LogP contribution is -2.31. The Labute approximate surface area is 214 Å². The van der Waals surface area contributed by atoms with Crippen molar-refractivity contribution < 1.29 is 19.4 Å². The largest absolute Gasteiger partial charge is 0.496 e. The highest BCUT2D eigenvalue weighted by Crippen LogP contribution is 2.30. The van der Waals surface area contributed by atoms with Gasteiger partial charge in [0.2, 0.25) is 0 Å². The molecule has 186 valence electrons. The van der Waals surface area contributed by atoms with Gasteiger partial charge in [-0.3, -0.25) is 9.59 Å². The third-order valence-electron chi connectivity index (χ3n) is 6.26. The average Bonchev–Trinajstić information content (AvgIpc) is 3.21. The van der Waals surface area contributed by atoms with Gasteiger partial charge in [0.25, 0.3) is 11.8 Å². The number of benzene rings is 3. The summed E-state index contributed by atoms with van der Waals surface area (Å²) in [5, 5.41) is 12.2. The molecular formula is C27H27ClN4O4. The predicted octanol–water partition coefficient (Wildman–Crippen LogP) is 4.72. The molecular weight excluding hydrogens is 480 g/mol. The fourth-order valence-electron chi connectivity index (χ4n) is 4.52. The SMILES string of the molecule is COc1cc(C(=O)N2CCCCc3ccccc32)ccc1C(=O)Nc1cccc2[nH]c(CO)nc12.Cl. The summed E-state index contributed by atoms with van der Waals surface area (Å²) in [6.07, 6.45) is 2.91. The number of aliphatic hydroxyl groups excluding tert-OH is 1. The number of imidazole rings is 1. The summed E-state index contributed by atoms with van der Waals surface area (Å²) in [6.45, 7) is 0.413. The average molecular weight is 507 g/mol. The third kappa shape index (κ3) is 4.78. The van der Waals surface area contributed by atoms with Crippen LogP contribution in [-0.4, -0.2) is 40.5 Å². The quantitative estimate of drug-likeness (QED) is 0.363. The lowest BCUT2D eigenvalue weighted by atomic mass is 10.1. The number of nitrogens with zero attached hydrogens (tertiary/aromatic N) is 2. The number of aromatic amines is 1. The molecule has 3 aromatic carbocycles. The molecule has 2 heterocycles. The van der Waals surface area contributed by atoms with Gasteiger partial charge in [-0.25, -0.2) is 4.98 Å². The molecule has 8 nitrogen and oxygen atoms in total. The van der Waals surface area contributed by atoms with Gasteiger partial charge in [0.1, 0.15) is 23.7 Å². The van der Waals surface area contributed by atoms with Crippen LogP contribution in [0.25, 0.3) is 11.0 Å². The van der Waals surface area contributed by atoms with E-state index in [1.54, 1.807) is 30.3 Å². The van der Waals surface area contributed by atoms with Crippen molar-refractivity contribution in [2.24, 2.45) is 0 Å². The van der Waals surface area contributed by atoms with E-state index < -0.39 is 0 Å². The van der Waals surface area contributed by atoms with Crippen LogP contribution in [0.15, 0.2) is 60.7 Å². The zero-order chi connectivity index (χ0) is 24.4. The standard InChI is InChI=1S/C27H26N4O4.ClH/c1-35-23-15-18(27(34)31-14-5-4-8-17-7-2-3-11-22(17)31)12-13-19(23)26(33)29-21-10-6-9-20-25(21)30-24(16-32)28-20;/h2-3,6-7,9-13,15,32H,4-5,8,14,16H2,1H3,(H,28,30)(H,29,33);1H. The van der Waals surface area contributed by atoms with Gasteiger partial charge in [0, 0.05) is 17.8 Å². The Bertz CT molecular complexity index is 1420. The first-order chi connectivity index (χ1) is 17.1. The number of ether oxygens (including phenoxy) is 1. The number of H-pyrrole nitrogens is 1. The van der Waals surface area contributed by atoms with Crippen LogP contribution in [0.4, 0.5) is 11.4 Å². The van der Waals surface area contributed by atoms with Gasteiger partial charge in [0.05, 0.1) is 23.9 Å². The van der Waals surface area contributed by atoms with Crippen molar-refractivity contribution in [2.75, 3.05) is 23.9 Å². The molecule has 3 N–H and O–H groups in total. The Morgan fingerprint density at radius 2 is 1.94 bits per heavy atom. The summed E-state index contributed by atoms with van der Waals surface area (Å²) >= 11 is 0. The number of aryl methyl sites for hydroxylation is 1. The van der Waals surface area contributed by atoms with E-state index in [0.29, 0.717) is 46.0 Å². The number of aromatic nitrogens is 2. The minimum atomic E-state index is -0.387. The van der Waals surface area contributed by atoms with E-state index in [4.69, 9.17) is 4.74 Å². The van der Waals surface area contributed by atoms with Crippen LogP contribution in [0.1, 0.15) is 44.9 Å². The van der Waals surface area contributed by atoms with Gasteiger partial charge < -0.3 is 25.0 Å². The number of methoxy groups -OCH3 is 1. The van der Waals surface area contributed by atoms with Crippen molar-refractivity contribution in [3.05, 3.63) is 83.2 Å². The number of hydrogen-bond acceptors (Lipinski definition) is 5. The van der Waals surface area contributed by atoms with Crippen molar-refractivity contribution in [3.8, 4) is 5.75 Å². The van der Waals surface area contributed by atoms with Gasteiger partial charge in [-0.2, -0.15) is 0 Å². The summed E-state index contributed by atoms with van der Waals surface area (Å²) in [5.74, 6) is 0.211. The van der Waals surface area contributed by atoms with Crippen LogP contribution in [0.5, 0.6) is 5.75 Å². The van der Waals surface area contributed by atoms with E-state index in [9.17, 15) is 14.7 Å². The first kappa shape index (κ1) is 25.2. The van der Waals surface area contributed by atoms with Gasteiger partial charge in [0.15, 0.2) is 0 Å². The maximum Gasteiger partial charge on any atom is 0.259 e. The first-order valence-corrected chi connectivity index (χ1v) is 11.6. The molecule has 0 spiro atoms. The van der Waals surface area contributed by atoms with Crippen LogP contribution in [-0.2, 0) is 13.0 Å². The normalized spacial score (nSPS) is 12.9. The van der Waals surface area contributed by atoms with E-state index in [2.05, 4.69) is 21.4 Å². The van der Waals surface area contributed by atoms with Crippen molar-refractivity contribution >= 4 is 46.6 Å². The molecule has 0 fully saturated rings. The second-order valence-corrected chi connectivity index (χ2v) is 8.46. The number of amides is 2. The number of aliphatic hydroxyl groups is 1. The Kier molecular flexibility index (Phi) is 7.57. The van der Waals surface area contributed by atoms with E-state index >= 15 is 0 Å². The zero-order valence-electron chi connectivity index (χ0n) is 19.8. The Balaban J connectivity index is 0.00000304. The summed E-state index contributed by atoms with van der Waals surface area (Å²) in [4.78, 5) is 35.8. The topological polar surface area (TPSA) is 108 Å². The molecule has 0 bridgehead atoms. The number of anilines is 2. The molecule has 0 atom stereocenters. The molecule has 1 aliphatic rings. The van der Waals surface area contributed by atoms with E-state index in [1.807, 2.05) is 29.2 Å². The van der Waals surface area contributed by atoms with E-state index in [1.165, 1.54) is 12.7 Å². The van der Waals surface area contributed by atoms with E-state index in [-0.39, 0.29) is 30.8 Å². The number of fused-ring (bicyclic) bond motifs is 2. The number of hydrogen-bond donors (Lipinski definition) is 3. The van der Waals surface area contributed by atoms with Crippen LogP contribution in [0.2, 0.25) is 0 Å². The summed E-state index contributed by atoms with van der Waals surface area (Å²) in [6, 6.07) is 18.2. The first-order valence-electron chi connectivity index (χ1n) is 11.6. The van der Waals surface area contributed by atoms with Gasteiger partial charge in [-0.15, -0.1) is 12.4 Å². The molecule has 2 amide bonds. The highest BCUT2D eigenvalue weighted by molar-refractivity contribution is 6.11. The van der Waals surface area contributed by atoms with Crippen LogP contribution < -0.4 is 15.0 Å². The third-order valence-corrected chi connectivity index (χ3v) is 6.26. The fraction of sp³-hybridized carbons (Fsp3) is 0.222. The van der Waals surface area contributed by atoms with Gasteiger partial charge >= 0.3 is 0 Å². The summed E-state index contributed by atoms with van der Waals surface area (Å²) in [5.41, 5.74) is 4.62. The number of rotatable bonds is 5. The molecule has 0 saturated carbocycles. The number of carbonyl (C=O) groups is 2. The van der Waals surface area contributed by atoms with Crippen LogP contribution in [0.3, 0.4) is 0 Å². The molecule has 0 saturated heterocycles. The van der Waals surface area contributed by atoms with Crippen molar-refractivity contribution in [2.45, 2.75) is 25.9 Å². The molecule has 9 heteroatoms. The lowest BCUT2D eigenvalue weighted by molar-refractivity contribution is 0.0982. The van der Waals surface area contributed by atoms with Crippen LogP contribution in [0, 0.1) is 0 Å². The second-order valence-electron chi connectivity index (χ2n) is 8.46. The predicted molar refractivity (Wildman–Crippen MR) is 141 cm³/mol. The number of nitrogens with one attached hydrogen (secondary N) is 2. The molecule has 1 aliphatic heterocycles. The maximum absolute atomic E-state index is 13.5. The molecule has 4 aromatic rings. The van der Waals surface area contributed by atoms with E-state index in [0.717, 1.165) is 24.9 Å². The Morgan fingerprint density at radius 1 is 1.11 bits per heavy atom. The summed E-state index contributed by atoms with van der Waals surface area (Å²) < 4.78 is 5.50. The lowest BCUT2D eigenvalue weighted by Gasteiger charge is -2.23. The molecule has 0 unspecified atom stereocenters. The molecule has 36 heavy (non-hydrogen) atoms. The zero-order valence-corrected chi connectivity index (χ0v) is 20.6. The number of halogens is 1. The van der Waals surface area contributed by atoms with Crippen LogP contribution >= 0.6 is 12.4 Å². The molecule has 1 aromatic heterocycles. The van der Waals surface area contributed by atoms with Gasteiger partial charge in [-0.1, -0.05) is 24.3 Å². The van der Waals surface area contributed by atoms with Crippen molar-refractivity contribution in [3.63, 3.8) is 0 Å². The molecule has 0 radical (unpaired) electrons. The summed E-state index contributed by atoms with van der Waals surface area (Å²) in [7, 11) is 1.48. The monoisotopic (exact) mass is 506 g/mol. The Morgan fingerprint density at radius 3 is 2.75 bits per heavy atom. The van der Waals surface area contributed by atoms with Gasteiger partial charge in [-0.05, 0) is 61.2 Å². The smallest absolute Gasteiger partial charge is 0.259 e. The highest BCUT2D eigenvalue weighted by Gasteiger charge is 2.24. The molecule has 0 aliphatic carbocycles. The number of carbonyl (C=O) groups excluding carboxylic acids is 2. The fourth-order valence-corrected chi connectivity index (χ4v) is 4.52. The number of para-hydroxylation sites is 2. The Hall–Kier alpha value is -3.88. The molecule has 5 rings (SSSR count). The second kappa shape index (κ2) is 10.8. The highest BCUT2D eigenvalue weighted by atomic mass is 35.5.